The Kier molecular flexibility index (Phi) is 4.40. The lowest BCUT2D eigenvalue weighted by Gasteiger charge is -2.14. The highest BCUT2D eigenvalue weighted by molar-refractivity contribution is 9.10. The molecule has 1 unspecified atom stereocenters. The van der Waals surface area contributed by atoms with Gasteiger partial charge in [0, 0.05) is 17.4 Å². The monoisotopic (exact) mass is 366 g/mol. The summed E-state index contributed by atoms with van der Waals surface area (Å²) in [6.45, 7) is 1.16. The maximum atomic E-state index is 10.8. The third kappa shape index (κ3) is 2.76. The van der Waals surface area contributed by atoms with Crippen LogP contribution in [0, 0.1) is 0 Å². The maximum absolute atomic E-state index is 10.8. The summed E-state index contributed by atoms with van der Waals surface area (Å²) in [4.78, 5) is 0. The number of nitrogens with zero attached hydrogens (tertiary/aromatic N) is 2. The van der Waals surface area contributed by atoms with Gasteiger partial charge in [0.05, 0.1) is 29.5 Å². The van der Waals surface area contributed by atoms with Crippen molar-refractivity contribution in [1.29, 1.82) is 0 Å². The van der Waals surface area contributed by atoms with E-state index in [0.717, 1.165) is 21.1 Å². The molecule has 0 aliphatic carbocycles. The predicted octanol–water partition coefficient (Wildman–Crippen LogP) is 3.59. The van der Waals surface area contributed by atoms with Crippen LogP contribution in [0.25, 0.3) is 10.1 Å². The average molecular weight is 367 g/mol. The molecule has 110 valence electrons. The molecule has 2 heterocycles. The van der Waals surface area contributed by atoms with Crippen molar-refractivity contribution in [3.05, 3.63) is 51.6 Å². The number of benzene rings is 1. The van der Waals surface area contributed by atoms with E-state index in [-0.39, 0.29) is 0 Å². The van der Waals surface area contributed by atoms with E-state index < -0.39 is 6.10 Å². The van der Waals surface area contributed by atoms with Crippen LogP contribution in [0.1, 0.15) is 17.4 Å². The first-order valence-corrected chi connectivity index (χ1v) is 8.24. The van der Waals surface area contributed by atoms with Crippen molar-refractivity contribution < 1.29 is 9.84 Å². The minimum absolute atomic E-state index is 0.554. The van der Waals surface area contributed by atoms with Crippen LogP contribution in [0.2, 0.25) is 0 Å². The Morgan fingerprint density at radius 3 is 3.05 bits per heavy atom. The smallest absolute Gasteiger partial charge is 0.123 e. The number of aromatic nitrogens is 2. The van der Waals surface area contributed by atoms with Gasteiger partial charge in [-0.25, -0.2) is 0 Å². The van der Waals surface area contributed by atoms with Crippen molar-refractivity contribution in [2.75, 3.05) is 13.7 Å². The second kappa shape index (κ2) is 6.27. The van der Waals surface area contributed by atoms with Crippen LogP contribution >= 0.6 is 27.3 Å². The number of aliphatic hydroxyl groups excluding tert-OH is 1. The molecule has 0 saturated carbocycles. The molecule has 0 fully saturated rings. The average Bonchev–Trinajstić information content (AvgIpc) is 3.08. The van der Waals surface area contributed by atoms with Gasteiger partial charge in [-0.1, -0.05) is 18.2 Å². The van der Waals surface area contributed by atoms with Gasteiger partial charge in [-0.2, -0.15) is 5.10 Å². The summed E-state index contributed by atoms with van der Waals surface area (Å²) in [6, 6.07) is 8.10. The molecule has 0 saturated heterocycles. The minimum Gasteiger partial charge on any atom is -0.383 e. The summed E-state index contributed by atoms with van der Waals surface area (Å²) in [5.41, 5.74) is 1.67. The fourth-order valence-corrected chi connectivity index (χ4v) is 3.85. The zero-order valence-corrected chi connectivity index (χ0v) is 13.9. The lowest BCUT2D eigenvalue weighted by Crippen LogP contribution is -2.13. The number of aliphatic hydroxyl groups is 1. The van der Waals surface area contributed by atoms with Crippen molar-refractivity contribution in [2.45, 2.75) is 12.6 Å². The van der Waals surface area contributed by atoms with Crippen LogP contribution in [0.4, 0.5) is 0 Å². The molecule has 0 radical (unpaired) electrons. The zero-order valence-electron chi connectivity index (χ0n) is 11.5. The van der Waals surface area contributed by atoms with E-state index in [2.05, 4.69) is 27.1 Å². The number of rotatable bonds is 5. The lowest BCUT2D eigenvalue weighted by molar-refractivity contribution is 0.171. The summed E-state index contributed by atoms with van der Waals surface area (Å²) < 4.78 is 8.86. The van der Waals surface area contributed by atoms with E-state index in [9.17, 15) is 5.11 Å². The van der Waals surface area contributed by atoms with Gasteiger partial charge in [0.1, 0.15) is 6.10 Å². The molecular weight excluding hydrogens is 352 g/mol. The topological polar surface area (TPSA) is 47.3 Å². The summed E-state index contributed by atoms with van der Waals surface area (Å²) in [5.74, 6) is 0. The molecule has 1 N–H and O–H groups in total. The normalized spacial score (nSPS) is 12.9. The van der Waals surface area contributed by atoms with Crippen LogP contribution in [0.5, 0.6) is 0 Å². The van der Waals surface area contributed by atoms with Gasteiger partial charge in [0.25, 0.3) is 0 Å². The molecular formula is C15H15BrN2O2S. The Labute approximate surface area is 135 Å². The molecule has 4 nitrogen and oxygen atoms in total. The number of fused-ring (bicyclic) bond motifs is 1. The number of ether oxygens (including phenoxy) is 1. The second-order valence-corrected chi connectivity index (χ2v) is 6.45. The molecule has 6 heteroatoms. The van der Waals surface area contributed by atoms with E-state index in [1.165, 1.54) is 4.70 Å². The molecule has 3 aromatic rings. The first kappa shape index (κ1) is 14.7. The number of hydrogen-bond donors (Lipinski definition) is 1. The third-order valence-electron chi connectivity index (χ3n) is 3.40. The number of hydrogen-bond acceptors (Lipinski definition) is 4. The van der Waals surface area contributed by atoms with Crippen molar-refractivity contribution in [3.8, 4) is 0 Å². The fraction of sp³-hybridized carbons (Fsp3) is 0.267. The van der Waals surface area contributed by atoms with Gasteiger partial charge in [-0.15, -0.1) is 11.3 Å². The van der Waals surface area contributed by atoms with Crippen molar-refractivity contribution in [2.24, 2.45) is 0 Å². The Morgan fingerprint density at radius 1 is 1.43 bits per heavy atom. The summed E-state index contributed by atoms with van der Waals surface area (Å²) in [5, 5.41) is 18.2. The van der Waals surface area contributed by atoms with Crippen LogP contribution in [-0.2, 0) is 11.3 Å². The third-order valence-corrected chi connectivity index (χ3v) is 5.00. The minimum atomic E-state index is -0.713. The number of thiophene rings is 1. The molecule has 0 aliphatic heterocycles. The molecule has 21 heavy (non-hydrogen) atoms. The van der Waals surface area contributed by atoms with Gasteiger partial charge in [0.15, 0.2) is 0 Å². The zero-order chi connectivity index (χ0) is 14.8. The number of methoxy groups -OCH3 is 1. The fourth-order valence-electron chi connectivity index (χ4n) is 2.36. The Morgan fingerprint density at radius 2 is 2.24 bits per heavy atom. The van der Waals surface area contributed by atoms with Gasteiger partial charge >= 0.3 is 0 Å². The first-order chi connectivity index (χ1) is 10.2. The van der Waals surface area contributed by atoms with Crippen molar-refractivity contribution in [1.82, 2.24) is 9.78 Å². The van der Waals surface area contributed by atoms with Crippen LogP contribution < -0.4 is 0 Å². The Hall–Kier alpha value is -1.21. The summed E-state index contributed by atoms with van der Waals surface area (Å²) in [7, 11) is 1.65. The highest BCUT2D eigenvalue weighted by Crippen LogP contribution is 2.35. The van der Waals surface area contributed by atoms with Crippen molar-refractivity contribution in [3.63, 3.8) is 0 Å². The van der Waals surface area contributed by atoms with Gasteiger partial charge in [0.2, 0.25) is 0 Å². The highest BCUT2D eigenvalue weighted by atomic mass is 79.9. The molecule has 0 amide bonds. The van der Waals surface area contributed by atoms with E-state index >= 15 is 0 Å². The van der Waals surface area contributed by atoms with E-state index in [4.69, 9.17) is 4.74 Å². The summed E-state index contributed by atoms with van der Waals surface area (Å²) >= 11 is 5.12. The van der Waals surface area contributed by atoms with E-state index in [1.807, 2.05) is 23.6 Å². The maximum Gasteiger partial charge on any atom is 0.123 e. The predicted molar refractivity (Wildman–Crippen MR) is 87.7 cm³/mol. The molecule has 1 atom stereocenters. The van der Waals surface area contributed by atoms with Gasteiger partial charge in [-0.05, 0) is 32.8 Å². The van der Waals surface area contributed by atoms with Gasteiger partial charge in [-0.3, -0.25) is 4.68 Å². The SMILES string of the molecule is COCCn1ncc(Br)c1C(O)c1csc2ccccc12. The quantitative estimate of drug-likeness (QED) is 0.750. The standard InChI is InChI=1S/C15H15BrN2O2S/c1-20-7-6-18-14(12(16)8-17-18)15(19)11-9-21-13-5-3-2-4-10(11)13/h2-5,8-9,15,19H,6-7H2,1H3. The first-order valence-electron chi connectivity index (χ1n) is 6.56. The lowest BCUT2D eigenvalue weighted by atomic mass is 10.1. The van der Waals surface area contributed by atoms with Crippen LogP contribution in [0.3, 0.4) is 0 Å². The molecule has 0 aliphatic rings. The van der Waals surface area contributed by atoms with Gasteiger partial charge < -0.3 is 9.84 Å². The molecule has 0 bridgehead atoms. The highest BCUT2D eigenvalue weighted by Gasteiger charge is 2.22. The van der Waals surface area contributed by atoms with E-state index in [1.54, 1.807) is 29.3 Å². The Balaban J connectivity index is 2.02. The van der Waals surface area contributed by atoms with E-state index in [0.29, 0.717) is 13.2 Å². The van der Waals surface area contributed by atoms with Crippen LogP contribution in [0.15, 0.2) is 40.3 Å². The molecule has 1 aromatic carbocycles. The van der Waals surface area contributed by atoms with Crippen molar-refractivity contribution >= 4 is 37.4 Å². The molecule has 3 rings (SSSR count). The molecule has 0 spiro atoms. The largest absolute Gasteiger partial charge is 0.383 e. The van der Waals surface area contributed by atoms with Crippen LogP contribution in [-0.4, -0.2) is 28.6 Å². The summed E-state index contributed by atoms with van der Waals surface area (Å²) in [6.07, 6.45) is 0.998. The number of halogens is 1. The second-order valence-electron chi connectivity index (χ2n) is 4.68. The molecule has 2 aromatic heterocycles. The Bertz CT molecular complexity index is 753.